The Hall–Kier alpha value is -2.41. The van der Waals surface area contributed by atoms with Crippen molar-refractivity contribution < 1.29 is 23.1 Å². The Balaban J connectivity index is 1.87. The van der Waals surface area contributed by atoms with Crippen LogP contribution in [0.25, 0.3) is 11.3 Å². The standard InChI is InChI=1S/C25H31F3N2O2/c1-16(2)19(15-30-9-5-4-6-10-30)13-24(32)18-11-17(3)29-23(12-18)21-8-7-20(31)14-22(21)25(26,27)28/h7-8,11-12,14,16,19,31H,4-6,9-10,13,15H2,1-3H3/t19-/m0/s1. The summed E-state index contributed by atoms with van der Waals surface area (Å²) in [7, 11) is 0. The third-order valence-electron chi connectivity index (χ3n) is 6.19. The van der Waals surface area contributed by atoms with Gasteiger partial charge in [0, 0.05) is 29.8 Å². The van der Waals surface area contributed by atoms with E-state index in [0.717, 1.165) is 19.6 Å². The number of aromatic nitrogens is 1. The number of piperidine rings is 1. The molecule has 1 N–H and O–H groups in total. The van der Waals surface area contributed by atoms with Crippen molar-refractivity contribution in [1.82, 2.24) is 9.88 Å². The van der Waals surface area contributed by atoms with Crippen LogP contribution in [0.5, 0.6) is 5.75 Å². The first-order valence-electron chi connectivity index (χ1n) is 11.2. The molecule has 7 heteroatoms. The van der Waals surface area contributed by atoms with Gasteiger partial charge >= 0.3 is 6.18 Å². The van der Waals surface area contributed by atoms with E-state index < -0.39 is 17.5 Å². The molecule has 174 valence electrons. The largest absolute Gasteiger partial charge is 0.508 e. The molecule has 2 heterocycles. The lowest BCUT2D eigenvalue weighted by Crippen LogP contribution is -2.36. The molecule has 0 spiro atoms. The van der Waals surface area contributed by atoms with Gasteiger partial charge in [-0.1, -0.05) is 20.3 Å². The molecule has 0 aliphatic carbocycles. The smallest absolute Gasteiger partial charge is 0.417 e. The van der Waals surface area contributed by atoms with Crippen molar-refractivity contribution in [1.29, 1.82) is 0 Å². The zero-order valence-corrected chi connectivity index (χ0v) is 18.9. The third kappa shape index (κ3) is 6.09. The summed E-state index contributed by atoms with van der Waals surface area (Å²) in [5.74, 6) is -0.0588. The maximum Gasteiger partial charge on any atom is 0.417 e. The summed E-state index contributed by atoms with van der Waals surface area (Å²) in [5.41, 5.74) is -0.194. The molecule has 1 aromatic carbocycles. The number of aromatic hydroxyl groups is 1. The number of hydrogen-bond donors (Lipinski definition) is 1. The number of rotatable bonds is 7. The van der Waals surface area contributed by atoms with Crippen LogP contribution < -0.4 is 0 Å². The number of carbonyl (C=O) groups is 1. The number of ketones is 1. The second-order valence-corrected chi connectivity index (χ2v) is 9.10. The van der Waals surface area contributed by atoms with E-state index in [1.165, 1.54) is 37.5 Å². The number of Topliss-reactive ketones (excluding diaryl/α,β-unsaturated/α-hetero) is 1. The van der Waals surface area contributed by atoms with E-state index in [0.29, 0.717) is 29.7 Å². The molecule has 0 unspecified atom stereocenters. The topological polar surface area (TPSA) is 53.4 Å². The molecule has 3 rings (SSSR count). The summed E-state index contributed by atoms with van der Waals surface area (Å²) in [6.45, 7) is 8.85. The van der Waals surface area contributed by atoms with Crippen molar-refractivity contribution in [3.8, 4) is 17.0 Å². The number of phenols is 1. The second kappa shape index (κ2) is 10.0. The average Bonchev–Trinajstić information content (AvgIpc) is 2.72. The molecule has 1 atom stereocenters. The first-order valence-corrected chi connectivity index (χ1v) is 11.2. The maximum atomic E-state index is 13.5. The van der Waals surface area contributed by atoms with Crippen LogP contribution in [0.15, 0.2) is 30.3 Å². The predicted octanol–water partition coefficient (Wildman–Crippen LogP) is 6.11. The van der Waals surface area contributed by atoms with E-state index in [2.05, 4.69) is 23.7 Å². The van der Waals surface area contributed by atoms with Gasteiger partial charge in [0.05, 0.1) is 11.3 Å². The normalized spacial score (nSPS) is 16.3. The second-order valence-electron chi connectivity index (χ2n) is 9.10. The van der Waals surface area contributed by atoms with Crippen molar-refractivity contribution in [3.05, 3.63) is 47.2 Å². The number of likely N-dealkylation sites (tertiary alicyclic amines) is 1. The van der Waals surface area contributed by atoms with Crippen LogP contribution in [-0.2, 0) is 6.18 Å². The first-order chi connectivity index (χ1) is 15.0. The van der Waals surface area contributed by atoms with Gasteiger partial charge in [0.25, 0.3) is 0 Å². The predicted molar refractivity (Wildman–Crippen MR) is 119 cm³/mol. The van der Waals surface area contributed by atoms with E-state index in [4.69, 9.17) is 0 Å². The van der Waals surface area contributed by atoms with Gasteiger partial charge in [-0.25, -0.2) is 0 Å². The summed E-state index contributed by atoms with van der Waals surface area (Å²) >= 11 is 0. The lowest BCUT2D eigenvalue weighted by Gasteiger charge is -2.32. The molecule has 0 radical (unpaired) electrons. The van der Waals surface area contributed by atoms with Gasteiger partial charge in [0.2, 0.25) is 0 Å². The minimum Gasteiger partial charge on any atom is -0.508 e. The minimum atomic E-state index is -4.65. The van der Waals surface area contributed by atoms with Gasteiger partial charge in [-0.2, -0.15) is 13.2 Å². The number of nitrogens with zero attached hydrogens (tertiary/aromatic N) is 2. The third-order valence-corrected chi connectivity index (χ3v) is 6.19. The lowest BCUT2D eigenvalue weighted by molar-refractivity contribution is -0.137. The monoisotopic (exact) mass is 448 g/mol. The first kappa shape index (κ1) is 24.2. The van der Waals surface area contributed by atoms with Crippen molar-refractivity contribution >= 4 is 5.78 Å². The zero-order chi connectivity index (χ0) is 23.5. The van der Waals surface area contributed by atoms with Crippen molar-refractivity contribution in [2.45, 2.75) is 52.6 Å². The number of benzene rings is 1. The quantitative estimate of drug-likeness (QED) is 0.519. The summed E-state index contributed by atoms with van der Waals surface area (Å²) < 4.78 is 40.6. The van der Waals surface area contributed by atoms with E-state index in [1.54, 1.807) is 13.0 Å². The van der Waals surface area contributed by atoms with E-state index in [1.807, 2.05) is 0 Å². The van der Waals surface area contributed by atoms with Gasteiger partial charge in [0.15, 0.2) is 5.78 Å². The van der Waals surface area contributed by atoms with Gasteiger partial charge in [0.1, 0.15) is 5.75 Å². The Labute approximate surface area is 187 Å². The van der Waals surface area contributed by atoms with Gasteiger partial charge in [-0.15, -0.1) is 0 Å². The fourth-order valence-corrected chi connectivity index (χ4v) is 4.30. The minimum absolute atomic E-state index is 0.0813. The van der Waals surface area contributed by atoms with Crippen LogP contribution in [0, 0.1) is 18.8 Å². The highest BCUT2D eigenvalue weighted by Crippen LogP contribution is 2.38. The SMILES string of the molecule is Cc1cc(C(=O)C[C@@H](CN2CCCCC2)C(C)C)cc(-c2ccc(O)cc2C(F)(F)F)n1. The number of hydrogen-bond acceptors (Lipinski definition) is 4. The Morgan fingerprint density at radius 1 is 1.12 bits per heavy atom. The molecule has 0 bridgehead atoms. The van der Waals surface area contributed by atoms with Gasteiger partial charge < -0.3 is 10.0 Å². The molecular formula is C25H31F3N2O2. The van der Waals surface area contributed by atoms with E-state index in [9.17, 15) is 23.1 Å². The number of pyridine rings is 1. The summed E-state index contributed by atoms with van der Waals surface area (Å²) in [4.78, 5) is 19.8. The molecule has 1 aromatic heterocycles. The average molecular weight is 449 g/mol. The number of alkyl halides is 3. The molecule has 32 heavy (non-hydrogen) atoms. The fraction of sp³-hybridized carbons (Fsp3) is 0.520. The Bertz CT molecular complexity index is 951. The van der Waals surface area contributed by atoms with Crippen LogP contribution in [-0.4, -0.2) is 40.4 Å². The van der Waals surface area contributed by atoms with Crippen LogP contribution in [0.4, 0.5) is 13.2 Å². The van der Waals surface area contributed by atoms with Crippen LogP contribution in [0.1, 0.15) is 61.1 Å². The van der Waals surface area contributed by atoms with Crippen LogP contribution >= 0.6 is 0 Å². The van der Waals surface area contributed by atoms with Crippen LogP contribution in [0.3, 0.4) is 0 Å². The number of aryl methyl sites for hydroxylation is 1. The molecule has 1 fully saturated rings. The van der Waals surface area contributed by atoms with Crippen molar-refractivity contribution in [2.24, 2.45) is 11.8 Å². The Morgan fingerprint density at radius 3 is 2.44 bits per heavy atom. The van der Waals surface area contributed by atoms with E-state index in [-0.39, 0.29) is 23.0 Å². The maximum absolute atomic E-state index is 13.5. The van der Waals surface area contributed by atoms with Gasteiger partial charge in [-0.3, -0.25) is 9.78 Å². The summed E-state index contributed by atoms with van der Waals surface area (Å²) in [6.07, 6.45) is -0.697. The molecule has 0 saturated carbocycles. The fourth-order valence-electron chi connectivity index (χ4n) is 4.30. The molecule has 1 aliphatic heterocycles. The van der Waals surface area contributed by atoms with Crippen LogP contribution in [0.2, 0.25) is 0 Å². The van der Waals surface area contributed by atoms with E-state index >= 15 is 0 Å². The Kier molecular flexibility index (Phi) is 7.59. The Morgan fingerprint density at radius 2 is 1.81 bits per heavy atom. The highest BCUT2D eigenvalue weighted by Gasteiger charge is 2.34. The van der Waals surface area contributed by atoms with Gasteiger partial charge in [-0.05, 0) is 75.0 Å². The lowest BCUT2D eigenvalue weighted by atomic mass is 9.87. The molecular weight excluding hydrogens is 417 g/mol. The summed E-state index contributed by atoms with van der Waals surface area (Å²) in [5, 5.41) is 9.55. The highest BCUT2D eigenvalue weighted by molar-refractivity contribution is 5.97. The highest BCUT2D eigenvalue weighted by atomic mass is 19.4. The zero-order valence-electron chi connectivity index (χ0n) is 18.9. The summed E-state index contributed by atoms with van der Waals surface area (Å²) in [6, 6.07) is 6.16. The van der Waals surface area contributed by atoms with Crippen molar-refractivity contribution in [3.63, 3.8) is 0 Å². The molecule has 4 nitrogen and oxygen atoms in total. The van der Waals surface area contributed by atoms with Crippen molar-refractivity contribution in [2.75, 3.05) is 19.6 Å². The molecule has 1 saturated heterocycles. The molecule has 1 aliphatic rings. The number of phenolic OH excluding ortho intramolecular Hbond substituents is 1. The molecule has 2 aromatic rings. The number of halogens is 3. The molecule has 0 amide bonds. The number of carbonyl (C=O) groups excluding carboxylic acids is 1.